The number of rotatable bonds is 4. The molecule has 1 saturated carbocycles. The summed E-state index contributed by atoms with van der Waals surface area (Å²) >= 11 is 1.76. The Kier molecular flexibility index (Phi) is 4.40. The summed E-state index contributed by atoms with van der Waals surface area (Å²) in [5, 5.41) is 7.01. The minimum atomic E-state index is -0.246. The Balaban J connectivity index is 1.45. The minimum Gasteiger partial charge on any atom is -0.348 e. The van der Waals surface area contributed by atoms with Gasteiger partial charge in [0.1, 0.15) is 5.01 Å². The van der Waals surface area contributed by atoms with Crippen LogP contribution in [0.3, 0.4) is 0 Å². The first-order valence-corrected chi connectivity index (χ1v) is 8.50. The van der Waals surface area contributed by atoms with Gasteiger partial charge >= 0.3 is 0 Å². The smallest absolute Gasteiger partial charge is 0.168 e. The molecular weight excluding hydrogens is 272 g/mol. The monoisotopic (exact) mass is 296 g/mol. The van der Waals surface area contributed by atoms with Gasteiger partial charge in [0, 0.05) is 30.8 Å². The number of hydrogen-bond donors (Lipinski definition) is 1. The summed E-state index contributed by atoms with van der Waals surface area (Å²) in [6.07, 6.45) is 4.28. The predicted octanol–water partition coefficient (Wildman–Crippen LogP) is 3.04. The van der Waals surface area contributed by atoms with E-state index in [1.807, 2.05) is 0 Å². The van der Waals surface area contributed by atoms with Crippen LogP contribution in [-0.4, -0.2) is 30.0 Å². The molecular formula is C15H24N2O2S. The predicted molar refractivity (Wildman–Crippen MR) is 79.9 cm³/mol. The third-order valence-corrected chi connectivity index (χ3v) is 5.13. The Morgan fingerprint density at radius 3 is 2.65 bits per heavy atom. The summed E-state index contributed by atoms with van der Waals surface area (Å²) < 4.78 is 11.5. The SMILES string of the molecule is CC(C)c1csc(CNC2CCC3(CC2)OCCO3)n1. The summed E-state index contributed by atoms with van der Waals surface area (Å²) in [7, 11) is 0. The van der Waals surface area contributed by atoms with E-state index in [-0.39, 0.29) is 5.79 Å². The van der Waals surface area contributed by atoms with Crippen LogP contribution in [0.5, 0.6) is 0 Å². The number of thiazole rings is 1. The standard InChI is InChI=1S/C15H24N2O2S/c1-11(2)13-10-20-14(17-13)9-16-12-3-5-15(6-4-12)18-7-8-19-15/h10-12,16H,3-9H2,1-2H3. The van der Waals surface area contributed by atoms with Gasteiger partial charge in [0.15, 0.2) is 5.79 Å². The molecule has 2 heterocycles. The maximum atomic E-state index is 5.76. The van der Waals surface area contributed by atoms with Crippen LogP contribution in [-0.2, 0) is 16.0 Å². The van der Waals surface area contributed by atoms with Gasteiger partial charge in [-0.25, -0.2) is 4.98 Å². The van der Waals surface area contributed by atoms with Crippen molar-refractivity contribution in [2.45, 2.75) is 63.8 Å². The van der Waals surface area contributed by atoms with Crippen molar-refractivity contribution in [3.63, 3.8) is 0 Å². The van der Waals surface area contributed by atoms with Gasteiger partial charge in [-0.05, 0) is 18.8 Å². The Hall–Kier alpha value is -0.490. The van der Waals surface area contributed by atoms with E-state index in [2.05, 4.69) is 29.5 Å². The molecule has 112 valence electrons. The molecule has 2 aliphatic rings. The highest BCUT2D eigenvalue weighted by Gasteiger charge is 2.40. The second-order valence-corrected chi connectivity index (χ2v) is 7.03. The Labute approximate surface area is 124 Å². The molecule has 0 atom stereocenters. The highest BCUT2D eigenvalue weighted by molar-refractivity contribution is 7.09. The summed E-state index contributed by atoms with van der Waals surface area (Å²) in [5.41, 5.74) is 1.21. The van der Waals surface area contributed by atoms with E-state index in [9.17, 15) is 0 Å². The van der Waals surface area contributed by atoms with Crippen LogP contribution in [0, 0.1) is 0 Å². The Bertz CT molecular complexity index is 431. The average molecular weight is 296 g/mol. The number of nitrogens with one attached hydrogen (secondary N) is 1. The molecule has 1 aliphatic heterocycles. The number of hydrogen-bond acceptors (Lipinski definition) is 5. The first kappa shape index (κ1) is 14.4. The van der Waals surface area contributed by atoms with Crippen molar-refractivity contribution in [2.75, 3.05) is 13.2 Å². The molecule has 0 radical (unpaired) electrons. The first-order chi connectivity index (χ1) is 9.67. The van der Waals surface area contributed by atoms with Crippen molar-refractivity contribution in [1.29, 1.82) is 0 Å². The fourth-order valence-corrected chi connectivity index (χ4v) is 3.86. The van der Waals surface area contributed by atoms with E-state index in [0.29, 0.717) is 12.0 Å². The van der Waals surface area contributed by atoms with Gasteiger partial charge in [-0.15, -0.1) is 11.3 Å². The zero-order valence-corrected chi connectivity index (χ0v) is 13.2. The molecule has 1 aromatic heterocycles. The molecule has 5 heteroatoms. The first-order valence-electron chi connectivity index (χ1n) is 7.62. The van der Waals surface area contributed by atoms with Crippen molar-refractivity contribution in [2.24, 2.45) is 0 Å². The van der Waals surface area contributed by atoms with Crippen molar-refractivity contribution in [1.82, 2.24) is 10.3 Å². The third-order valence-electron chi connectivity index (χ3n) is 4.26. The molecule has 0 amide bonds. The number of nitrogens with zero attached hydrogens (tertiary/aromatic N) is 1. The summed E-state index contributed by atoms with van der Waals surface area (Å²) in [6, 6.07) is 0.569. The zero-order valence-electron chi connectivity index (χ0n) is 12.4. The minimum absolute atomic E-state index is 0.246. The highest BCUT2D eigenvalue weighted by Crippen LogP contribution is 2.35. The molecule has 0 aromatic carbocycles. The molecule has 1 saturated heterocycles. The van der Waals surface area contributed by atoms with Crippen LogP contribution in [0.1, 0.15) is 56.2 Å². The van der Waals surface area contributed by atoms with E-state index < -0.39 is 0 Å². The topological polar surface area (TPSA) is 43.4 Å². The van der Waals surface area contributed by atoms with E-state index >= 15 is 0 Å². The van der Waals surface area contributed by atoms with Gasteiger partial charge in [0.2, 0.25) is 0 Å². The lowest BCUT2D eigenvalue weighted by molar-refractivity contribution is -0.179. The fraction of sp³-hybridized carbons (Fsp3) is 0.800. The fourth-order valence-electron chi connectivity index (χ4n) is 2.95. The number of ether oxygens (including phenoxy) is 2. The molecule has 20 heavy (non-hydrogen) atoms. The van der Waals surface area contributed by atoms with Crippen molar-refractivity contribution in [3.05, 3.63) is 16.1 Å². The van der Waals surface area contributed by atoms with Gasteiger partial charge in [-0.3, -0.25) is 0 Å². The van der Waals surface area contributed by atoms with Crippen LogP contribution in [0.15, 0.2) is 5.38 Å². The summed E-state index contributed by atoms with van der Waals surface area (Å²) in [5.74, 6) is 0.274. The van der Waals surface area contributed by atoms with Gasteiger partial charge in [0.05, 0.1) is 18.9 Å². The summed E-state index contributed by atoms with van der Waals surface area (Å²) in [4.78, 5) is 4.67. The Morgan fingerprint density at radius 1 is 1.35 bits per heavy atom. The zero-order chi connectivity index (χ0) is 14.0. The van der Waals surface area contributed by atoms with E-state index in [1.54, 1.807) is 11.3 Å². The van der Waals surface area contributed by atoms with Crippen LogP contribution in [0.2, 0.25) is 0 Å². The van der Waals surface area contributed by atoms with Crippen molar-refractivity contribution in [3.8, 4) is 0 Å². The van der Waals surface area contributed by atoms with Crippen LogP contribution >= 0.6 is 11.3 Å². The van der Waals surface area contributed by atoms with Crippen LogP contribution < -0.4 is 5.32 Å². The van der Waals surface area contributed by atoms with E-state index in [0.717, 1.165) is 45.4 Å². The third kappa shape index (κ3) is 3.22. The summed E-state index contributed by atoms with van der Waals surface area (Å²) in [6.45, 7) is 6.78. The second-order valence-electron chi connectivity index (χ2n) is 6.08. The molecule has 1 aliphatic carbocycles. The normalized spacial score (nSPS) is 22.9. The number of aromatic nitrogens is 1. The highest BCUT2D eigenvalue weighted by atomic mass is 32.1. The molecule has 0 bridgehead atoms. The molecule has 1 spiro atoms. The molecule has 1 N–H and O–H groups in total. The van der Waals surface area contributed by atoms with Gasteiger partial charge in [-0.2, -0.15) is 0 Å². The lowest BCUT2D eigenvalue weighted by Gasteiger charge is -2.35. The van der Waals surface area contributed by atoms with Gasteiger partial charge in [0.25, 0.3) is 0 Å². The lowest BCUT2D eigenvalue weighted by atomic mass is 9.90. The molecule has 1 aromatic rings. The van der Waals surface area contributed by atoms with Crippen molar-refractivity contribution < 1.29 is 9.47 Å². The molecule has 2 fully saturated rings. The van der Waals surface area contributed by atoms with Crippen molar-refractivity contribution >= 4 is 11.3 Å². The lowest BCUT2D eigenvalue weighted by Crippen LogP contribution is -2.41. The van der Waals surface area contributed by atoms with E-state index in [4.69, 9.17) is 9.47 Å². The average Bonchev–Trinajstić information content (AvgIpc) is 3.08. The van der Waals surface area contributed by atoms with E-state index in [1.165, 1.54) is 10.7 Å². The van der Waals surface area contributed by atoms with Gasteiger partial charge in [-0.1, -0.05) is 13.8 Å². The van der Waals surface area contributed by atoms with Crippen LogP contribution in [0.25, 0.3) is 0 Å². The second kappa shape index (κ2) is 6.10. The van der Waals surface area contributed by atoms with Gasteiger partial charge < -0.3 is 14.8 Å². The largest absolute Gasteiger partial charge is 0.348 e. The maximum absolute atomic E-state index is 5.76. The maximum Gasteiger partial charge on any atom is 0.168 e. The molecule has 0 unspecified atom stereocenters. The molecule has 3 rings (SSSR count). The molecule has 4 nitrogen and oxygen atoms in total. The van der Waals surface area contributed by atoms with Crippen LogP contribution in [0.4, 0.5) is 0 Å². The Morgan fingerprint density at radius 2 is 2.05 bits per heavy atom. The quantitative estimate of drug-likeness (QED) is 0.927.